The average Bonchev–Trinajstić information content (AvgIpc) is 3.04. The molecule has 2 N–H and O–H groups in total. The van der Waals surface area contributed by atoms with Crippen molar-refractivity contribution in [1.29, 1.82) is 0 Å². The Balaban J connectivity index is 2.30. The predicted octanol–water partition coefficient (Wildman–Crippen LogP) is 2.11. The van der Waals surface area contributed by atoms with Crippen LogP contribution >= 0.6 is 23.1 Å². The highest BCUT2D eigenvalue weighted by molar-refractivity contribution is 7.98. The van der Waals surface area contributed by atoms with Gasteiger partial charge in [-0.05, 0) is 13.1 Å². The van der Waals surface area contributed by atoms with Crippen molar-refractivity contribution in [3.8, 4) is 12.3 Å². The predicted molar refractivity (Wildman–Crippen MR) is 105 cm³/mol. The maximum atomic E-state index is 10.6. The van der Waals surface area contributed by atoms with E-state index in [1.807, 2.05) is 0 Å². The van der Waals surface area contributed by atoms with Crippen LogP contribution in [-0.2, 0) is 12.3 Å². The van der Waals surface area contributed by atoms with Gasteiger partial charge in [-0.2, -0.15) is 11.8 Å². The van der Waals surface area contributed by atoms with Gasteiger partial charge in [0, 0.05) is 30.0 Å². The zero-order valence-corrected chi connectivity index (χ0v) is 16.3. The van der Waals surface area contributed by atoms with Crippen molar-refractivity contribution in [3.63, 3.8) is 0 Å². The van der Waals surface area contributed by atoms with Crippen molar-refractivity contribution in [2.45, 2.75) is 26.1 Å². The van der Waals surface area contributed by atoms with Gasteiger partial charge in [0.05, 0.1) is 17.2 Å². The Morgan fingerprint density at radius 1 is 1.52 bits per heavy atom. The zero-order valence-electron chi connectivity index (χ0n) is 14.7. The molecular formula is C16H25N5O2S2. The largest absolute Gasteiger partial charge is 0.366 e. The third-order valence-electron chi connectivity index (χ3n) is 3.28. The molecule has 0 fully saturated rings. The molecule has 0 saturated heterocycles. The number of nitrogens with zero attached hydrogens (tertiary/aromatic N) is 3. The van der Waals surface area contributed by atoms with E-state index < -0.39 is 4.92 Å². The maximum Gasteiger partial charge on any atom is 0.274 e. The quantitative estimate of drug-likeness (QED) is 0.234. The van der Waals surface area contributed by atoms with E-state index >= 15 is 0 Å². The van der Waals surface area contributed by atoms with Gasteiger partial charge in [0.2, 0.25) is 0 Å². The minimum atomic E-state index is -0.508. The molecule has 1 heterocycles. The van der Waals surface area contributed by atoms with Crippen molar-refractivity contribution in [2.75, 3.05) is 31.9 Å². The molecule has 7 nitrogen and oxygen atoms in total. The molecule has 138 valence electrons. The van der Waals surface area contributed by atoms with E-state index in [0.717, 1.165) is 48.0 Å². The van der Waals surface area contributed by atoms with Crippen LogP contribution in [0.2, 0.25) is 0 Å². The fourth-order valence-electron chi connectivity index (χ4n) is 1.99. The van der Waals surface area contributed by atoms with Crippen LogP contribution in [0.15, 0.2) is 17.4 Å². The third-order valence-corrected chi connectivity index (χ3v) is 5.33. The van der Waals surface area contributed by atoms with E-state index in [1.54, 1.807) is 23.1 Å². The molecule has 1 aromatic rings. The Morgan fingerprint density at radius 2 is 2.28 bits per heavy atom. The normalized spacial score (nSPS) is 11.4. The number of nitrogens with one attached hydrogen (secondary N) is 2. The van der Waals surface area contributed by atoms with Gasteiger partial charge in [-0.15, -0.1) is 17.8 Å². The fraction of sp³-hybridized carbons (Fsp3) is 0.562. The van der Waals surface area contributed by atoms with E-state index in [4.69, 9.17) is 6.42 Å². The summed E-state index contributed by atoms with van der Waals surface area (Å²) in [5.74, 6) is 4.38. The first kappa shape index (κ1) is 21.3. The van der Waals surface area contributed by atoms with Crippen molar-refractivity contribution >= 4 is 23.1 Å². The molecule has 0 amide bonds. The van der Waals surface area contributed by atoms with Crippen molar-refractivity contribution in [3.05, 3.63) is 38.2 Å². The van der Waals surface area contributed by atoms with Crippen LogP contribution in [0.5, 0.6) is 0 Å². The molecule has 9 heteroatoms. The molecule has 0 unspecified atom stereocenters. The number of terminal acetylenes is 1. The third kappa shape index (κ3) is 9.34. The summed E-state index contributed by atoms with van der Waals surface area (Å²) in [7, 11) is 0. The second-order valence-corrected chi connectivity index (χ2v) is 7.11. The highest BCUT2D eigenvalue weighted by Crippen LogP contribution is 2.17. The number of hydrogen-bond donors (Lipinski definition) is 2. The lowest BCUT2D eigenvalue weighted by atomic mass is 10.4. The molecule has 0 aliphatic heterocycles. The highest BCUT2D eigenvalue weighted by atomic mass is 32.2. The molecule has 1 aromatic heterocycles. The van der Waals surface area contributed by atoms with Crippen LogP contribution in [0.1, 0.15) is 24.5 Å². The van der Waals surface area contributed by atoms with E-state index in [-0.39, 0.29) is 6.54 Å². The Labute approximate surface area is 157 Å². The SMILES string of the molecule is C#CCNC(=C[N+](=O)[O-])NCCSCc1nc(CN(CC)CC)cs1. The summed E-state index contributed by atoms with van der Waals surface area (Å²) in [4.78, 5) is 17.0. The summed E-state index contributed by atoms with van der Waals surface area (Å²) in [5, 5.41) is 19.6. The van der Waals surface area contributed by atoms with Crippen LogP contribution in [0, 0.1) is 22.5 Å². The second-order valence-electron chi connectivity index (χ2n) is 5.06. The smallest absolute Gasteiger partial charge is 0.274 e. The maximum absolute atomic E-state index is 10.6. The van der Waals surface area contributed by atoms with Crippen LogP contribution < -0.4 is 10.6 Å². The molecule has 0 saturated carbocycles. The lowest BCUT2D eigenvalue weighted by molar-refractivity contribution is -0.404. The standard InChI is InChI=1S/C16H25N5O2S2/c1-4-7-17-15(11-21(22)23)18-8-9-24-13-16-19-14(12-25-16)10-20(5-2)6-3/h1,11-12,17-18H,5-10,13H2,2-3H3. The Bertz CT molecular complexity index is 594. The molecule has 0 aliphatic carbocycles. The van der Waals surface area contributed by atoms with Crippen molar-refractivity contribution in [1.82, 2.24) is 20.5 Å². The summed E-state index contributed by atoms with van der Waals surface area (Å²) >= 11 is 3.42. The number of rotatable bonds is 13. The minimum Gasteiger partial charge on any atom is -0.366 e. The average molecular weight is 384 g/mol. The summed E-state index contributed by atoms with van der Waals surface area (Å²) in [6.07, 6.45) is 6.04. The van der Waals surface area contributed by atoms with E-state index in [2.05, 4.69) is 45.7 Å². The van der Waals surface area contributed by atoms with E-state index in [1.165, 1.54) is 0 Å². The molecule has 25 heavy (non-hydrogen) atoms. The Morgan fingerprint density at radius 3 is 2.92 bits per heavy atom. The van der Waals surface area contributed by atoms with Gasteiger partial charge in [-0.25, -0.2) is 4.98 Å². The fourth-order valence-corrected chi connectivity index (χ4v) is 3.71. The first-order chi connectivity index (χ1) is 12.1. The van der Waals surface area contributed by atoms with Crippen molar-refractivity contribution in [2.24, 2.45) is 0 Å². The second kappa shape index (κ2) is 12.6. The first-order valence-electron chi connectivity index (χ1n) is 8.08. The van der Waals surface area contributed by atoms with Crippen LogP contribution in [0.25, 0.3) is 0 Å². The molecule has 0 atom stereocenters. The highest BCUT2D eigenvalue weighted by Gasteiger charge is 2.06. The zero-order chi connectivity index (χ0) is 18.5. The molecule has 0 bridgehead atoms. The van der Waals surface area contributed by atoms with Crippen LogP contribution in [0.3, 0.4) is 0 Å². The number of thiazole rings is 1. The number of hydrogen-bond acceptors (Lipinski definition) is 8. The summed E-state index contributed by atoms with van der Waals surface area (Å²) in [5.41, 5.74) is 1.12. The van der Waals surface area contributed by atoms with Crippen LogP contribution in [-0.4, -0.2) is 46.7 Å². The van der Waals surface area contributed by atoms with Crippen LogP contribution in [0.4, 0.5) is 0 Å². The lowest BCUT2D eigenvalue weighted by Gasteiger charge is -2.15. The minimum absolute atomic E-state index is 0.244. The van der Waals surface area contributed by atoms with Gasteiger partial charge in [0.15, 0.2) is 5.82 Å². The number of aromatic nitrogens is 1. The number of nitro groups is 1. The summed E-state index contributed by atoms with van der Waals surface area (Å²) in [6.45, 7) is 8.11. The monoisotopic (exact) mass is 383 g/mol. The molecule has 0 spiro atoms. The lowest BCUT2D eigenvalue weighted by Crippen LogP contribution is -2.29. The number of thioether (sulfide) groups is 1. The Hall–Kier alpha value is -1.76. The van der Waals surface area contributed by atoms with E-state index in [0.29, 0.717) is 12.4 Å². The first-order valence-corrected chi connectivity index (χ1v) is 10.1. The topological polar surface area (TPSA) is 83.3 Å². The van der Waals surface area contributed by atoms with Gasteiger partial charge >= 0.3 is 0 Å². The molecule has 1 rings (SSSR count). The van der Waals surface area contributed by atoms with Gasteiger partial charge < -0.3 is 10.6 Å². The van der Waals surface area contributed by atoms with Crippen molar-refractivity contribution < 1.29 is 4.92 Å². The molecule has 0 aliphatic rings. The van der Waals surface area contributed by atoms with Gasteiger partial charge in [0.1, 0.15) is 5.01 Å². The molecular weight excluding hydrogens is 358 g/mol. The van der Waals surface area contributed by atoms with Gasteiger partial charge in [0.25, 0.3) is 6.20 Å². The van der Waals surface area contributed by atoms with Gasteiger partial charge in [-0.3, -0.25) is 15.0 Å². The molecule has 0 radical (unpaired) electrons. The Kier molecular flexibility index (Phi) is 10.7. The molecule has 0 aromatic carbocycles. The van der Waals surface area contributed by atoms with E-state index in [9.17, 15) is 10.1 Å². The van der Waals surface area contributed by atoms with Gasteiger partial charge in [-0.1, -0.05) is 19.8 Å². The summed E-state index contributed by atoms with van der Waals surface area (Å²) < 4.78 is 0. The summed E-state index contributed by atoms with van der Waals surface area (Å²) in [6, 6.07) is 0.